The van der Waals surface area contributed by atoms with Crippen LogP contribution in [0.2, 0.25) is 0 Å². The van der Waals surface area contributed by atoms with Crippen LogP contribution in [0.25, 0.3) is 0 Å². The summed E-state index contributed by atoms with van der Waals surface area (Å²) in [6.45, 7) is 2.51. The van der Waals surface area contributed by atoms with Crippen molar-refractivity contribution in [3.63, 3.8) is 0 Å². The van der Waals surface area contributed by atoms with E-state index in [1.165, 1.54) is 0 Å². The van der Waals surface area contributed by atoms with Gasteiger partial charge in [0.05, 0.1) is 18.9 Å². The molecule has 2 aromatic rings. The lowest BCUT2D eigenvalue weighted by molar-refractivity contribution is 0.122. The van der Waals surface area contributed by atoms with E-state index in [1.807, 2.05) is 54.2 Å². The summed E-state index contributed by atoms with van der Waals surface area (Å²) in [5, 5.41) is 9.51. The molecule has 1 saturated heterocycles. The second-order valence-electron chi connectivity index (χ2n) is 5.90. The Kier molecular flexibility index (Phi) is 5.24. The lowest BCUT2D eigenvalue weighted by atomic mass is 10.2. The standard InChI is InChI=1S/C17H20N8O/c1-24(2)13-5-3-12(4-6-13)20-14(11-18)15-21-16(19)23-17(22-15)25-7-9-26-10-8-25/h3-6H,7-10H2,1-2H3,(H2,19,21,22,23). The number of nitrogen functional groups attached to an aromatic ring is 1. The maximum atomic E-state index is 9.51. The van der Waals surface area contributed by atoms with Gasteiger partial charge in [-0.05, 0) is 24.3 Å². The minimum Gasteiger partial charge on any atom is -0.378 e. The van der Waals surface area contributed by atoms with Crippen molar-refractivity contribution in [3.8, 4) is 6.07 Å². The second-order valence-corrected chi connectivity index (χ2v) is 5.90. The molecule has 1 aromatic carbocycles. The number of rotatable bonds is 4. The maximum absolute atomic E-state index is 9.51. The molecule has 0 atom stereocenters. The lowest BCUT2D eigenvalue weighted by Gasteiger charge is -2.26. The van der Waals surface area contributed by atoms with E-state index in [4.69, 9.17) is 10.5 Å². The summed E-state index contributed by atoms with van der Waals surface area (Å²) in [6, 6.07) is 9.57. The first kappa shape index (κ1) is 17.6. The highest BCUT2D eigenvalue weighted by Crippen LogP contribution is 2.19. The Morgan fingerprint density at radius 3 is 2.50 bits per heavy atom. The number of benzene rings is 1. The number of hydrogen-bond acceptors (Lipinski definition) is 9. The molecule has 0 saturated carbocycles. The molecular weight excluding hydrogens is 332 g/mol. The predicted molar refractivity (Wildman–Crippen MR) is 99.9 cm³/mol. The molecule has 0 bridgehead atoms. The van der Waals surface area contributed by atoms with Gasteiger partial charge in [0.15, 0.2) is 11.5 Å². The van der Waals surface area contributed by atoms with Crippen LogP contribution in [-0.4, -0.2) is 61.1 Å². The fourth-order valence-corrected chi connectivity index (χ4v) is 2.47. The van der Waals surface area contributed by atoms with Crippen LogP contribution in [0.5, 0.6) is 0 Å². The zero-order chi connectivity index (χ0) is 18.5. The fourth-order valence-electron chi connectivity index (χ4n) is 2.47. The van der Waals surface area contributed by atoms with Gasteiger partial charge in [-0.1, -0.05) is 0 Å². The van der Waals surface area contributed by atoms with Crippen molar-refractivity contribution in [1.29, 1.82) is 5.26 Å². The van der Waals surface area contributed by atoms with Crippen molar-refractivity contribution in [1.82, 2.24) is 15.0 Å². The summed E-state index contributed by atoms with van der Waals surface area (Å²) in [4.78, 5) is 20.9. The molecule has 0 aliphatic carbocycles. The monoisotopic (exact) mass is 352 g/mol. The van der Waals surface area contributed by atoms with Crippen molar-refractivity contribution in [2.75, 3.05) is 55.9 Å². The molecule has 2 N–H and O–H groups in total. The van der Waals surface area contributed by atoms with Crippen LogP contribution in [0.1, 0.15) is 5.82 Å². The smallest absolute Gasteiger partial charge is 0.230 e. The zero-order valence-corrected chi connectivity index (χ0v) is 14.8. The predicted octanol–water partition coefficient (Wildman–Crippen LogP) is 1.00. The van der Waals surface area contributed by atoms with Crippen LogP contribution in [0, 0.1) is 11.3 Å². The fraction of sp³-hybridized carbons (Fsp3) is 0.353. The quantitative estimate of drug-likeness (QED) is 0.810. The Hall–Kier alpha value is -3.25. The minimum absolute atomic E-state index is 0.0578. The van der Waals surface area contributed by atoms with Crippen molar-refractivity contribution in [3.05, 3.63) is 30.1 Å². The van der Waals surface area contributed by atoms with Crippen LogP contribution < -0.4 is 15.5 Å². The van der Waals surface area contributed by atoms with Gasteiger partial charge in [0.25, 0.3) is 0 Å². The highest BCUT2D eigenvalue weighted by molar-refractivity contribution is 6.10. The summed E-state index contributed by atoms with van der Waals surface area (Å²) < 4.78 is 5.33. The first-order valence-electron chi connectivity index (χ1n) is 8.17. The number of morpholine rings is 1. The van der Waals surface area contributed by atoms with Gasteiger partial charge in [0.1, 0.15) is 6.07 Å². The van der Waals surface area contributed by atoms with Gasteiger partial charge in [0.2, 0.25) is 11.9 Å². The number of nitrogens with two attached hydrogens (primary N) is 1. The molecule has 0 unspecified atom stereocenters. The van der Waals surface area contributed by atoms with Crippen LogP contribution in [0.15, 0.2) is 29.3 Å². The molecule has 26 heavy (non-hydrogen) atoms. The minimum atomic E-state index is 0.0578. The van der Waals surface area contributed by atoms with E-state index < -0.39 is 0 Å². The van der Waals surface area contributed by atoms with E-state index in [2.05, 4.69) is 19.9 Å². The van der Waals surface area contributed by atoms with Crippen LogP contribution in [0.4, 0.5) is 23.3 Å². The van der Waals surface area contributed by atoms with Gasteiger partial charge < -0.3 is 20.3 Å². The van der Waals surface area contributed by atoms with Gasteiger partial charge >= 0.3 is 0 Å². The molecule has 9 nitrogen and oxygen atoms in total. The van der Waals surface area contributed by atoms with E-state index >= 15 is 0 Å². The summed E-state index contributed by atoms with van der Waals surface area (Å²) in [7, 11) is 3.92. The van der Waals surface area contributed by atoms with Crippen LogP contribution >= 0.6 is 0 Å². The number of nitrogens with zero attached hydrogens (tertiary/aromatic N) is 7. The highest BCUT2D eigenvalue weighted by Gasteiger charge is 2.18. The largest absolute Gasteiger partial charge is 0.378 e. The Bertz CT molecular complexity index is 835. The van der Waals surface area contributed by atoms with Gasteiger partial charge in [-0.2, -0.15) is 20.2 Å². The van der Waals surface area contributed by atoms with E-state index in [0.717, 1.165) is 5.69 Å². The molecular formula is C17H20N8O. The van der Waals surface area contributed by atoms with E-state index in [-0.39, 0.29) is 17.5 Å². The summed E-state index contributed by atoms with van der Waals surface area (Å²) >= 11 is 0. The molecule has 1 aliphatic rings. The Morgan fingerprint density at radius 1 is 1.19 bits per heavy atom. The topological polar surface area (TPSA) is 117 Å². The van der Waals surface area contributed by atoms with Crippen molar-refractivity contribution < 1.29 is 4.74 Å². The van der Waals surface area contributed by atoms with Crippen LogP contribution in [0.3, 0.4) is 0 Å². The first-order chi connectivity index (χ1) is 12.6. The number of ether oxygens (including phenoxy) is 1. The van der Waals surface area contributed by atoms with Gasteiger partial charge in [-0.15, -0.1) is 0 Å². The first-order valence-corrected chi connectivity index (χ1v) is 8.17. The van der Waals surface area contributed by atoms with E-state index in [1.54, 1.807) is 0 Å². The van der Waals surface area contributed by atoms with Gasteiger partial charge in [0, 0.05) is 32.9 Å². The number of nitriles is 1. The number of aromatic nitrogens is 3. The molecule has 3 rings (SSSR count). The Morgan fingerprint density at radius 2 is 1.88 bits per heavy atom. The molecule has 0 amide bonds. The third-order valence-electron chi connectivity index (χ3n) is 3.86. The Balaban J connectivity index is 1.92. The molecule has 1 aromatic heterocycles. The Labute approximate surface area is 151 Å². The molecule has 1 aliphatic heterocycles. The summed E-state index contributed by atoms with van der Waals surface area (Å²) in [5.74, 6) is 0.655. The molecule has 0 radical (unpaired) electrons. The number of aliphatic imine (C=N–C) groups is 1. The average Bonchev–Trinajstić information content (AvgIpc) is 2.66. The SMILES string of the molecule is CN(C)c1ccc(N=C(C#N)c2nc(N)nc(N3CCOCC3)n2)cc1. The normalized spacial score (nSPS) is 14.8. The van der Waals surface area contributed by atoms with E-state index in [9.17, 15) is 5.26 Å². The lowest BCUT2D eigenvalue weighted by Crippen LogP contribution is -2.37. The highest BCUT2D eigenvalue weighted by atomic mass is 16.5. The number of hydrogen-bond donors (Lipinski definition) is 1. The molecule has 9 heteroatoms. The van der Waals surface area contributed by atoms with Crippen molar-refractivity contribution in [2.24, 2.45) is 4.99 Å². The third-order valence-corrected chi connectivity index (χ3v) is 3.86. The molecule has 134 valence electrons. The van der Waals surface area contributed by atoms with Crippen LogP contribution in [-0.2, 0) is 4.74 Å². The molecule has 2 heterocycles. The number of anilines is 3. The average molecular weight is 352 g/mol. The molecule has 0 spiro atoms. The van der Waals surface area contributed by atoms with Gasteiger partial charge in [-0.25, -0.2) is 4.99 Å². The third kappa shape index (κ3) is 4.04. The van der Waals surface area contributed by atoms with E-state index in [0.29, 0.717) is 37.9 Å². The summed E-state index contributed by atoms with van der Waals surface area (Å²) in [5.41, 5.74) is 7.59. The summed E-state index contributed by atoms with van der Waals surface area (Å²) in [6.07, 6.45) is 0. The van der Waals surface area contributed by atoms with Crippen molar-refractivity contribution >= 4 is 29.0 Å². The zero-order valence-electron chi connectivity index (χ0n) is 14.8. The maximum Gasteiger partial charge on any atom is 0.230 e. The van der Waals surface area contributed by atoms with Gasteiger partial charge in [-0.3, -0.25) is 0 Å². The van der Waals surface area contributed by atoms with Crippen molar-refractivity contribution in [2.45, 2.75) is 0 Å². The second kappa shape index (κ2) is 7.76. The molecule has 1 fully saturated rings.